The number of fused-ring (bicyclic) bond motifs is 1. The molecule has 0 spiro atoms. The molecular weight excluding hydrogens is 210 g/mol. The molecule has 1 N–H and O–H groups in total. The highest BCUT2D eigenvalue weighted by molar-refractivity contribution is 5.21. The Kier molecular flexibility index (Phi) is 2.52. The number of aliphatic hydroxyl groups is 1. The van der Waals surface area contributed by atoms with Gasteiger partial charge in [-0.05, 0) is 56.3 Å². The average molecular weight is 233 g/mol. The fourth-order valence-electron chi connectivity index (χ4n) is 4.65. The molecule has 3 aliphatic carbocycles. The fraction of sp³-hybridized carbons (Fsp3) is 0.933. The summed E-state index contributed by atoms with van der Waals surface area (Å²) < 4.78 is 0. The lowest BCUT2D eigenvalue weighted by atomic mass is 9.64. The third-order valence-corrected chi connectivity index (χ3v) is 5.91. The molecule has 5 unspecified atom stereocenters. The van der Waals surface area contributed by atoms with Crippen molar-refractivity contribution in [1.29, 1.82) is 5.26 Å². The van der Waals surface area contributed by atoms with Crippen LogP contribution in [-0.4, -0.2) is 10.7 Å². The van der Waals surface area contributed by atoms with Gasteiger partial charge in [0, 0.05) is 0 Å². The molecule has 0 aliphatic heterocycles. The van der Waals surface area contributed by atoms with Gasteiger partial charge in [0.1, 0.15) is 0 Å². The van der Waals surface area contributed by atoms with Gasteiger partial charge < -0.3 is 5.11 Å². The number of rotatable bonds is 2. The van der Waals surface area contributed by atoms with Crippen molar-refractivity contribution < 1.29 is 5.11 Å². The first kappa shape index (κ1) is 11.5. The van der Waals surface area contributed by atoms with E-state index in [1.54, 1.807) is 0 Å². The average Bonchev–Trinajstić information content (AvgIpc) is 3.02. The number of hydrogen-bond donors (Lipinski definition) is 1. The molecule has 0 aromatic heterocycles. The minimum Gasteiger partial charge on any atom is -0.388 e. The highest BCUT2D eigenvalue weighted by Crippen LogP contribution is 2.64. The van der Waals surface area contributed by atoms with Gasteiger partial charge >= 0.3 is 0 Å². The highest BCUT2D eigenvalue weighted by atomic mass is 16.3. The maximum absolute atomic E-state index is 11.1. The van der Waals surface area contributed by atoms with Crippen LogP contribution in [0.3, 0.4) is 0 Å². The molecule has 3 fully saturated rings. The third kappa shape index (κ3) is 1.48. The molecule has 17 heavy (non-hydrogen) atoms. The van der Waals surface area contributed by atoms with Crippen molar-refractivity contribution in [3.05, 3.63) is 0 Å². The molecule has 2 nitrogen and oxygen atoms in total. The van der Waals surface area contributed by atoms with Crippen LogP contribution in [0.15, 0.2) is 0 Å². The van der Waals surface area contributed by atoms with Crippen molar-refractivity contribution in [3.63, 3.8) is 0 Å². The summed E-state index contributed by atoms with van der Waals surface area (Å²) in [6.45, 7) is 2.21. The van der Waals surface area contributed by atoms with Crippen molar-refractivity contribution in [3.8, 4) is 6.07 Å². The lowest BCUT2D eigenvalue weighted by Gasteiger charge is -2.43. The largest absolute Gasteiger partial charge is 0.388 e. The Morgan fingerprint density at radius 2 is 2.18 bits per heavy atom. The van der Waals surface area contributed by atoms with E-state index in [0.29, 0.717) is 11.8 Å². The maximum atomic E-state index is 11.1. The molecule has 0 saturated heterocycles. The second-order valence-electron chi connectivity index (χ2n) is 6.63. The Hall–Kier alpha value is -0.550. The molecule has 2 heteroatoms. The van der Waals surface area contributed by atoms with E-state index < -0.39 is 11.0 Å². The van der Waals surface area contributed by atoms with Crippen molar-refractivity contribution in [1.82, 2.24) is 0 Å². The summed E-state index contributed by atoms with van der Waals surface area (Å²) in [6.07, 6.45) is 8.64. The summed E-state index contributed by atoms with van der Waals surface area (Å²) in [7, 11) is 0. The molecule has 0 aromatic carbocycles. The van der Waals surface area contributed by atoms with E-state index in [9.17, 15) is 10.4 Å². The Morgan fingerprint density at radius 1 is 1.35 bits per heavy atom. The summed E-state index contributed by atoms with van der Waals surface area (Å²) in [5, 5.41) is 20.8. The number of hydrogen-bond acceptors (Lipinski definition) is 2. The zero-order chi connectivity index (χ0) is 12.1. The Balaban J connectivity index is 1.88. The molecule has 5 atom stereocenters. The van der Waals surface area contributed by atoms with Crippen LogP contribution < -0.4 is 0 Å². The third-order valence-electron chi connectivity index (χ3n) is 5.91. The first-order chi connectivity index (χ1) is 8.15. The topological polar surface area (TPSA) is 44.0 Å². The van der Waals surface area contributed by atoms with Gasteiger partial charge in [0.15, 0.2) is 0 Å². The lowest BCUT2D eigenvalue weighted by molar-refractivity contribution is -0.0947. The Morgan fingerprint density at radius 3 is 2.82 bits per heavy atom. The van der Waals surface area contributed by atoms with Crippen LogP contribution >= 0.6 is 0 Å². The molecule has 0 aromatic rings. The molecule has 3 aliphatic rings. The van der Waals surface area contributed by atoms with Crippen LogP contribution in [0.1, 0.15) is 58.3 Å². The summed E-state index contributed by atoms with van der Waals surface area (Å²) in [6, 6.07) is 2.56. The fourth-order valence-corrected chi connectivity index (χ4v) is 4.65. The van der Waals surface area contributed by atoms with E-state index in [-0.39, 0.29) is 0 Å². The second-order valence-corrected chi connectivity index (χ2v) is 6.63. The molecule has 0 bridgehead atoms. The molecule has 94 valence electrons. The monoisotopic (exact) mass is 233 g/mol. The van der Waals surface area contributed by atoms with E-state index in [1.807, 2.05) is 0 Å². The van der Waals surface area contributed by atoms with Gasteiger partial charge in [-0.25, -0.2) is 0 Å². The lowest BCUT2D eigenvalue weighted by Crippen LogP contribution is -2.50. The van der Waals surface area contributed by atoms with E-state index >= 15 is 0 Å². The normalized spacial score (nSPS) is 52.9. The Bertz CT molecular complexity index is 360. The van der Waals surface area contributed by atoms with Gasteiger partial charge in [-0.1, -0.05) is 19.8 Å². The van der Waals surface area contributed by atoms with Crippen LogP contribution in [-0.2, 0) is 0 Å². The van der Waals surface area contributed by atoms with Crippen LogP contribution in [0, 0.1) is 34.5 Å². The van der Waals surface area contributed by atoms with Gasteiger partial charge in [0.05, 0.1) is 17.1 Å². The van der Waals surface area contributed by atoms with Gasteiger partial charge in [-0.15, -0.1) is 0 Å². The van der Waals surface area contributed by atoms with Gasteiger partial charge in [0.2, 0.25) is 0 Å². The molecule has 0 radical (unpaired) electrons. The van der Waals surface area contributed by atoms with Gasteiger partial charge in [-0.2, -0.15) is 5.26 Å². The second kappa shape index (κ2) is 3.72. The Labute approximate surface area is 104 Å². The highest BCUT2D eigenvalue weighted by Gasteiger charge is 2.65. The van der Waals surface area contributed by atoms with Crippen LogP contribution in [0.2, 0.25) is 0 Å². The molecule has 3 rings (SSSR count). The molecule has 0 heterocycles. The first-order valence-electron chi connectivity index (χ1n) is 7.29. The maximum Gasteiger partial charge on any atom is 0.0865 e. The van der Waals surface area contributed by atoms with E-state index in [0.717, 1.165) is 44.4 Å². The van der Waals surface area contributed by atoms with Crippen molar-refractivity contribution in [2.45, 2.75) is 63.9 Å². The molecule has 0 amide bonds. The summed E-state index contributed by atoms with van der Waals surface area (Å²) in [5.74, 6) is 1.85. The molecule has 3 saturated carbocycles. The number of nitrogens with zero attached hydrogens (tertiary/aromatic N) is 1. The van der Waals surface area contributed by atoms with Crippen molar-refractivity contribution in [2.75, 3.05) is 0 Å². The van der Waals surface area contributed by atoms with Crippen molar-refractivity contribution >= 4 is 0 Å². The van der Waals surface area contributed by atoms with Crippen LogP contribution in [0.4, 0.5) is 0 Å². The standard InChI is InChI=1S/C15H23NO/c1-2-11-5-7-14(9-11,10-16)15(17)6-3-4-12-8-13(12)15/h11-13,17H,2-9H2,1H3. The summed E-state index contributed by atoms with van der Waals surface area (Å²) >= 11 is 0. The predicted molar refractivity (Wildman–Crippen MR) is 66.1 cm³/mol. The predicted octanol–water partition coefficient (Wildman–Crippen LogP) is 3.26. The zero-order valence-corrected chi connectivity index (χ0v) is 10.8. The SMILES string of the molecule is CCC1CCC(C#N)(C2(O)CCCC3CC32)C1. The minimum absolute atomic E-state index is 0.409. The van der Waals surface area contributed by atoms with E-state index in [1.165, 1.54) is 12.8 Å². The van der Waals surface area contributed by atoms with Gasteiger partial charge in [0.25, 0.3) is 0 Å². The zero-order valence-electron chi connectivity index (χ0n) is 10.8. The van der Waals surface area contributed by atoms with Gasteiger partial charge in [-0.3, -0.25) is 0 Å². The first-order valence-corrected chi connectivity index (χ1v) is 7.29. The van der Waals surface area contributed by atoms with Crippen LogP contribution in [0.25, 0.3) is 0 Å². The van der Waals surface area contributed by atoms with Crippen LogP contribution in [0.5, 0.6) is 0 Å². The van der Waals surface area contributed by atoms with E-state index in [4.69, 9.17) is 0 Å². The molecular formula is C15H23NO. The smallest absolute Gasteiger partial charge is 0.0865 e. The minimum atomic E-state index is -0.644. The summed E-state index contributed by atoms with van der Waals surface area (Å²) in [4.78, 5) is 0. The number of nitriles is 1. The van der Waals surface area contributed by atoms with E-state index in [2.05, 4.69) is 13.0 Å². The van der Waals surface area contributed by atoms with Crippen molar-refractivity contribution in [2.24, 2.45) is 23.2 Å². The quantitative estimate of drug-likeness (QED) is 0.795. The summed E-state index contributed by atoms with van der Waals surface area (Å²) in [5.41, 5.74) is -1.05.